The fourth-order valence-electron chi connectivity index (χ4n) is 3.06. The lowest BCUT2D eigenvalue weighted by Gasteiger charge is -2.29. The molecule has 1 fully saturated rings. The molecule has 0 aliphatic heterocycles. The topological polar surface area (TPSA) is 38.0 Å². The van der Waals surface area contributed by atoms with Gasteiger partial charge in [-0.15, -0.1) is 0 Å². The summed E-state index contributed by atoms with van der Waals surface area (Å²) >= 11 is 0. The summed E-state index contributed by atoms with van der Waals surface area (Å²) in [7, 11) is 0. The van der Waals surface area contributed by atoms with Gasteiger partial charge in [0.25, 0.3) is 0 Å². The molecule has 100 valence electrons. The molecule has 1 aromatic rings. The Bertz CT molecular complexity index is 381. The highest BCUT2D eigenvalue weighted by atomic mass is 15.0. The lowest BCUT2D eigenvalue weighted by molar-refractivity contribution is 0.340. The van der Waals surface area contributed by atoms with E-state index >= 15 is 0 Å². The first kappa shape index (κ1) is 13.6. The Balaban J connectivity index is 2.07. The van der Waals surface area contributed by atoms with E-state index in [1.165, 1.54) is 48.8 Å². The number of nitrogens with one attached hydrogen (secondary N) is 1. The highest BCUT2D eigenvalue weighted by molar-refractivity contribution is 5.33. The zero-order chi connectivity index (χ0) is 13.0. The summed E-state index contributed by atoms with van der Waals surface area (Å²) in [4.78, 5) is 0. The van der Waals surface area contributed by atoms with Crippen LogP contribution < -0.4 is 11.1 Å². The first-order valence-electron chi connectivity index (χ1n) is 7.24. The van der Waals surface area contributed by atoms with Crippen molar-refractivity contribution in [2.75, 3.05) is 6.54 Å². The van der Waals surface area contributed by atoms with E-state index in [0.29, 0.717) is 18.6 Å². The van der Waals surface area contributed by atoms with E-state index in [1.54, 1.807) is 0 Å². The SMILES string of the molecule is Cc1ccc(C(CN)NC2CCCCC2)c(C)c1. The second-order valence-corrected chi connectivity index (χ2v) is 5.65. The van der Waals surface area contributed by atoms with Crippen LogP contribution in [0, 0.1) is 13.8 Å². The third-order valence-electron chi connectivity index (χ3n) is 4.08. The molecule has 0 heterocycles. The van der Waals surface area contributed by atoms with Crippen LogP contribution in [0.3, 0.4) is 0 Å². The summed E-state index contributed by atoms with van der Waals surface area (Å²) in [5.41, 5.74) is 10.0. The first-order chi connectivity index (χ1) is 8.70. The molecule has 0 saturated heterocycles. The van der Waals surface area contributed by atoms with Crippen molar-refractivity contribution in [1.29, 1.82) is 0 Å². The van der Waals surface area contributed by atoms with E-state index in [1.807, 2.05) is 0 Å². The molecule has 2 rings (SSSR count). The van der Waals surface area contributed by atoms with E-state index in [2.05, 4.69) is 37.4 Å². The molecule has 2 nitrogen and oxygen atoms in total. The normalized spacial score (nSPS) is 18.8. The molecule has 3 N–H and O–H groups in total. The van der Waals surface area contributed by atoms with Crippen LogP contribution >= 0.6 is 0 Å². The van der Waals surface area contributed by atoms with Crippen molar-refractivity contribution in [2.45, 2.75) is 58.0 Å². The molecule has 1 saturated carbocycles. The Morgan fingerprint density at radius 1 is 1.22 bits per heavy atom. The zero-order valence-electron chi connectivity index (χ0n) is 11.7. The van der Waals surface area contributed by atoms with E-state index in [9.17, 15) is 0 Å². The third kappa shape index (κ3) is 3.33. The van der Waals surface area contributed by atoms with Crippen LogP contribution in [0.2, 0.25) is 0 Å². The Morgan fingerprint density at radius 3 is 2.56 bits per heavy atom. The minimum Gasteiger partial charge on any atom is -0.329 e. The summed E-state index contributed by atoms with van der Waals surface area (Å²) in [6, 6.07) is 7.65. The van der Waals surface area contributed by atoms with Crippen molar-refractivity contribution in [2.24, 2.45) is 5.73 Å². The van der Waals surface area contributed by atoms with Gasteiger partial charge < -0.3 is 11.1 Å². The molecule has 0 radical (unpaired) electrons. The molecule has 1 aromatic carbocycles. The molecule has 1 unspecified atom stereocenters. The summed E-state index contributed by atoms with van der Waals surface area (Å²) < 4.78 is 0. The lowest BCUT2D eigenvalue weighted by atomic mass is 9.93. The smallest absolute Gasteiger partial charge is 0.0449 e. The van der Waals surface area contributed by atoms with Crippen molar-refractivity contribution in [3.63, 3.8) is 0 Å². The van der Waals surface area contributed by atoms with Crippen molar-refractivity contribution in [3.05, 3.63) is 34.9 Å². The minimum atomic E-state index is 0.314. The number of nitrogens with two attached hydrogens (primary N) is 1. The van der Waals surface area contributed by atoms with E-state index in [-0.39, 0.29) is 0 Å². The fourth-order valence-corrected chi connectivity index (χ4v) is 3.06. The summed E-state index contributed by atoms with van der Waals surface area (Å²) in [5, 5.41) is 3.76. The Hall–Kier alpha value is -0.860. The molecule has 0 bridgehead atoms. The van der Waals surface area contributed by atoms with Gasteiger partial charge in [-0.1, -0.05) is 43.0 Å². The van der Waals surface area contributed by atoms with Gasteiger partial charge in [0.2, 0.25) is 0 Å². The molecule has 2 heteroatoms. The van der Waals surface area contributed by atoms with E-state index < -0.39 is 0 Å². The monoisotopic (exact) mass is 246 g/mol. The third-order valence-corrected chi connectivity index (χ3v) is 4.08. The molecule has 0 aromatic heterocycles. The quantitative estimate of drug-likeness (QED) is 0.856. The summed E-state index contributed by atoms with van der Waals surface area (Å²) in [6.07, 6.45) is 6.74. The Morgan fingerprint density at radius 2 is 1.94 bits per heavy atom. The van der Waals surface area contributed by atoms with Gasteiger partial charge in [0.15, 0.2) is 0 Å². The van der Waals surface area contributed by atoms with Crippen LogP contribution in [0.5, 0.6) is 0 Å². The van der Waals surface area contributed by atoms with Crippen LogP contribution in [0.15, 0.2) is 18.2 Å². The maximum absolute atomic E-state index is 5.97. The van der Waals surface area contributed by atoms with E-state index in [4.69, 9.17) is 5.73 Å². The Labute approximate surface area is 111 Å². The van der Waals surface area contributed by atoms with Gasteiger partial charge >= 0.3 is 0 Å². The second kappa shape index (κ2) is 6.35. The van der Waals surface area contributed by atoms with Crippen LogP contribution in [-0.4, -0.2) is 12.6 Å². The standard InChI is InChI=1S/C16H26N2/c1-12-8-9-15(13(2)10-12)16(11-17)18-14-6-4-3-5-7-14/h8-10,14,16,18H,3-7,11,17H2,1-2H3. The van der Waals surface area contributed by atoms with Crippen LogP contribution in [0.4, 0.5) is 0 Å². The van der Waals surface area contributed by atoms with Gasteiger partial charge in [-0.2, -0.15) is 0 Å². The molecule has 18 heavy (non-hydrogen) atoms. The van der Waals surface area contributed by atoms with Crippen LogP contribution in [0.25, 0.3) is 0 Å². The average molecular weight is 246 g/mol. The second-order valence-electron chi connectivity index (χ2n) is 5.65. The highest BCUT2D eigenvalue weighted by Crippen LogP contribution is 2.23. The van der Waals surface area contributed by atoms with Gasteiger partial charge in [0.05, 0.1) is 0 Å². The van der Waals surface area contributed by atoms with Gasteiger partial charge in [0.1, 0.15) is 0 Å². The van der Waals surface area contributed by atoms with Crippen molar-refractivity contribution in [1.82, 2.24) is 5.32 Å². The van der Waals surface area contributed by atoms with Gasteiger partial charge in [-0.25, -0.2) is 0 Å². The molecular formula is C16H26N2. The molecule has 0 spiro atoms. The van der Waals surface area contributed by atoms with Crippen molar-refractivity contribution in [3.8, 4) is 0 Å². The van der Waals surface area contributed by atoms with Crippen LogP contribution in [-0.2, 0) is 0 Å². The number of benzene rings is 1. The van der Waals surface area contributed by atoms with E-state index in [0.717, 1.165) is 0 Å². The fraction of sp³-hybridized carbons (Fsp3) is 0.625. The molecule has 1 aliphatic carbocycles. The average Bonchev–Trinajstić information content (AvgIpc) is 2.38. The van der Waals surface area contributed by atoms with Gasteiger partial charge in [0, 0.05) is 18.6 Å². The van der Waals surface area contributed by atoms with Gasteiger partial charge in [-0.3, -0.25) is 0 Å². The first-order valence-corrected chi connectivity index (χ1v) is 7.24. The number of rotatable bonds is 4. The highest BCUT2D eigenvalue weighted by Gasteiger charge is 2.19. The predicted molar refractivity (Wildman–Crippen MR) is 77.7 cm³/mol. The van der Waals surface area contributed by atoms with Gasteiger partial charge in [-0.05, 0) is 37.8 Å². The van der Waals surface area contributed by atoms with Crippen molar-refractivity contribution >= 4 is 0 Å². The predicted octanol–water partition coefficient (Wildman–Crippen LogP) is 3.23. The van der Waals surface area contributed by atoms with Crippen LogP contribution in [0.1, 0.15) is 54.8 Å². The zero-order valence-corrected chi connectivity index (χ0v) is 11.7. The minimum absolute atomic E-state index is 0.314. The number of aryl methyl sites for hydroxylation is 2. The molecular weight excluding hydrogens is 220 g/mol. The molecule has 1 aliphatic rings. The lowest BCUT2D eigenvalue weighted by Crippen LogP contribution is -2.38. The van der Waals surface area contributed by atoms with Crippen molar-refractivity contribution < 1.29 is 0 Å². The maximum Gasteiger partial charge on any atom is 0.0449 e. The summed E-state index contributed by atoms with van der Waals surface area (Å²) in [6.45, 7) is 5.01. The maximum atomic E-state index is 5.97. The number of hydrogen-bond donors (Lipinski definition) is 2. The number of hydrogen-bond acceptors (Lipinski definition) is 2. The molecule has 1 atom stereocenters. The largest absolute Gasteiger partial charge is 0.329 e. The summed E-state index contributed by atoms with van der Waals surface area (Å²) in [5.74, 6) is 0. The molecule has 0 amide bonds. The Kier molecular flexibility index (Phi) is 4.79.